The molecule has 0 radical (unpaired) electrons. The highest BCUT2D eigenvalue weighted by Crippen LogP contribution is 2.08. The molecule has 0 saturated heterocycles. The molecule has 2 aromatic heterocycles. The van der Waals surface area contributed by atoms with Gasteiger partial charge in [-0.3, -0.25) is 4.98 Å². The molecule has 0 aliphatic carbocycles. The van der Waals surface area contributed by atoms with Crippen molar-refractivity contribution in [1.29, 1.82) is 0 Å². The van der Waals surface area contributed by atoms with Crippen LogP contribution in [0.5, 0.6) is 0 Å². The molecule has 0 bridgehead atoms. The highest BCUT2D eigenvalue weighted by Gasteiger charge is 2.13. The Morgan fingerprint density at radius 2 is 2.16 bits per heavy atom. The second-order valence-corrected chi connectivity index (χ2v) is 5.68. The van der Waals surface area contributed by atoms with Gasteiger partial charge in [-0.2, -0.15) is 0 Å². The number of sulfonamides is 1. The minimum Gasteiger partial charge on any atom is -0.469 e. The van der Waals surface area contributed by atoms with Gasteiger partial charge in [0.2, 0.25) is 10.0 Å². The molecule has 0 aliphatic heterocycles. The summed E-state index contributed by atoms with van der Waals surface area (Å²) in [5.41, 5.74) is 6.05. The molecular weight excluding hydrogens is 266 g/mol. The zero-order chi connectivity index (χ0) is 13.7. The maximum Gasteiger partial charge on any atom is 0.242 e. The van der Waals surface area contributed by atoms with Crippen LogP contribution in [-0.2, 0) is 23.0 Å². The average molecular weight is 281 g/mol. The first kappa shape index (κ1) is 13.7. The summed E-state index contributed by atoms with van der Waals surface area (Å²) in [6, 6.07) is 6.65. The van der Waals surface area contributed by atoms with Gasteiger partial charge >= 0.3 is 0 Å². The quantitative estimate of drug-likeness (QED) is 0.810. The Kier molecular flexibility index (Phi) is 4.31. The highest BCUT2D eigenvalue weighted by atomic mass is 32.2. The molecule has 2 rings (SSSR count). The average Bonchev–Trinajstić information content (AvgIpc) is 2.92. The van der Waals surface area contributed by atoms with Crippen LogP contribution < -0.4 is 10.5 Å². The van der Waals surface area contributed by atoms with Crippen molar-refractivity contribution in [2.24, 2.45) is 5.73 Å². The van der Waals surface area contributed by atoms with E-state index in [4.69, 9.17) is 10.2 Å². The van der Waals surface area contributed by atoms with E-state index in [1.807, 2.05) is 0 Å². The fourth-order valence-corrected chi connectivity index (χ4v) is 2.51. The van der Waals surface area contributed by atoms with Gasteiger partial charge in [-0.05, 0) is 24.3 Å². The van der Waals surface area contributed by atoms with E-state index in [1.54, 1.807) is 24.5 Å². The van der Waals surface area contributed by atoms with Crippen molar-refractivity contribution in [2.75, 3.05) is 6.54 Å². The van der Waals surface area contributed by atoms with E-state index in [9.17, 15) is 8.42 Å². The summed E-state index contributed by atoms with van der Waals surface area (Å²) in [6.45, 7) is 0.556. The van der Waals surface area contributed by atoms with Crippen molar-refractivity contribution < 1.29 is 12.8 Å². The lowest BCUT2D eigenvalue weighted by Gasteiger charge is -2.06. The molecular formula is C12H15N3O3S. The molecule has 0 spiro atoms. The van der Waals surface area contributed by atoms with E-state index in [0.29, 0.717) is 12.1 Å². The fraction of sp³-hybridized carbons (Fsp3) is 0.250. The number of pyridine rings is 1. The van der Waals surface area contributed by atoms with Crippen LogP contribution in [0.25, 0.3) is 0 Å². The van der Waals surface area contributed by atoms with Gasteiger partial charge in [0.25, 0.3) is 0 Å². The van der Waals surface area contributed by atoms with E-state index < -0.39 is 10.0 Å². The Morgan fingerprint density at radius 3 is 2.74 bits per heavy atom. The number of aromatic nitrogens is 1. The van der Waals surface area contributed by atoms with Crippen molar-refractivity contribution in [3.05, 3.63) is 48.2 Å². The van der Waals surface area contributed by atoms with Crippen molar-refractivity contribution in [3.8, 4) is 0 Å². The maximum absolute atomic E-state index is 11.9. The normalized spacial score (nSPS) is 11.6. The topological polar surface area (TPSA) is 98.2 Å². The Hall–Kier alpha value is -1.70. The lowest BCUT2D eigenvalue weighted by molar-refractivity contribution is 0.506. The molecule has 2 heterocycles. The van der Waals surface area contributed by atoms with Gasteiger partial charge in [0.15, 0.2) is 0 Å². The third kappa shape index (κ3) is 3.63. The van der Waals surface area contributed by atoms with Crippen molar-refractivity contribution in [1.82, 2.24) is 9.71 Å². The number of hydrogen-bond acceptors (Lipinski definition) is 5. The molecule has 0 aliphatic rings. The van der Waals surface area contributed by atoms with Crippen molar-refractivity contribution in [3.63, 3.8) is 0 Å². The minimum absolute atomic E-state index is 0.129. The summed E-state index contributed by atoms with van der Waals surface area (Å²) in [6.07, 6.45) is 3.36. The molecule has 3 N–H and O–H groups in total. The van der Waals surface area contributed by atoms with Gasteiger partial charge in [0, 0.05) is 25.7 Å². The molecule has 102 valence electrons. The zero-order valence-electron chi connectivity index (χ0n) is 10.2. The van der Waals surface area contributed by atoms with Crippen LogP contribution in [0.1, 0.15) is 11.5 Å². The first-order chi connectivity index (χ1) is 9.12. The second-order valence-electron chi connectivity index (χ2n) is 3.92. The van der Waals surface area contributed by atoms with Crippen molar-refractivity contribution >= 4 is 10.0 Å². The summed E-state index contributed by atoms with van der Waals surface area (Å²) in [5.74, 6) is 0.735. The monoisotopic (exact) mass is 281 g/mol. The first-order valence-electron chi connectivity index (χ1n) is 5.79. The molecule has 0 unspecified atom stereocenters. The van der Waals surface area contributed by atoms with Gasteiger partial charge < -0.3 is 10.2 Å². The van der Waals surface area contributed by atoms with Crippen LogP contribution in [0.3, 0.4) is 0 Å². The third-order valence-electron chi connectivity index (χ3n) is 2.56. The van der Waals surface area contributed by atoms with Crippen LogP contribution in [0, 0.1) is 0 Å². The highest BCUT2D eigenvalue weighted by molar-refractivity contribution is 7.89. The number of rotatable bonds is 6. The Labute approximate surface area is 111 Å². The molecule has 7 heteroatoms. The Morgan fingerprint density at radius 1 is 1.32 bits per heavy atom. The van der Waals surface area contributed by atoms with Crippen LogP contribution in [0.4, 0.5) is 0 Å². The van der Waals surface area contributed by atoms with Gasteiger partial charge in [-0.15, -0.1) is 0 Å². The number of nitrogens with one attached hydrogen (secondary N) is 1. The molecule has 19 heavy (non-hydrogen) atoms. The van der Waals surface area contributed by atoms with Gasteiger partial charge in [-0.1, -0.05) is 0 Å². The van der Waals surface area contributed by atoms with E-state index >= 15 is 0 Å². The molecule has 0 fully saturated rings. The number of furan rings is 1. The van der Waals surface area contributed by atoms with Crippen molar-refractivity contribution in [2.45, 2.75) is 17.9 Å². The molecule has 6 nitrogen and oxygen atoms in total. The molecule has 0 saturated carbocycles. The first-order valence-corrected chi connectivity index (χ1v) is 7.27. The number of nitrogens with two attached hydrogens (primary N) is 1. The van der Waals surface area contributed by atoms with Gasteiger partial charge in [0.1, 0.15) is 10.7 Å². The molecule has 0 atom stereocenters. The van der Waals surface area contributed by atoms with Crippen LogP contribution in [0.2, 0.25) is 0 Å². The standard InChI is InChI=1S/C12H15N3O3S/c13-8-10-3-4-12(9-14-10)19(16,17)15-6-5-11-2-1-7-18-11/h1-4,7,9,15H,5-6,8,13H2. The summed E-state index contributed by atoms with van der Waals surface area (Å²) in [5, 5.41) is 0. The lowest BCUT2D eigenvalue weighted by Crippen LogP contribution is -2.26. The van der Waals surface area contributed by atoms with E-state index in [-0.39, 0.29) is 18.0 Å². The summed E-state index contributed by atoms with van der Waals surface area (Å²) in [7, 11) is -3.53. The lowest BCUT2D eigenvalue weighted by atomic mass is 10.3. The summed E-state index contributed by atoms with van der Waals surface area (Å²) < 4.78 is 31.5. The van der Waals surface area contributed by atoms with Crippen LogP contribution in [0.15, 0.2) is 46.0 Å². The van der Waals surface area contributed by atoms with Crippen LogP contribution in [-0.4, -0.2) is 19.9 Å². The minimum atomic E-state index is -3.53. The largest absolute Gasteiger partial charge is 0.469 e. The Balaban J connectivity index is 1.97. The van der Waals surface area contributed by atoms with E-state index in [2.05, 4.69) is 9.71 Å². The second kappa shape index (κ2) is 5.96. The van der Waals surface area contributed by atoms with Gasteiger partial charge in [0.05, 0.1) is 12.0 Å². The Bertz CT molecular complexity index is 606. The maximum atomic E-state index is 11.9. The third-order valence-corrected chi connectivity index (χ3v) is 4.01. The summed E-state index contributed by atoms with van der Waals surface area (Å²) >= 11 is 0. The van der Waals surface area contributed by atoms with E-state index in [0.717, 1.165) is 5.76 Å². The van der Waals surface area contributed by atoms with E-state index in [1.165, 1.54) is 12.3 Å². The zero-order valence-corrected chi connectivity index (χ0v) is 11.1. The predicted molar refractivity (Wildman–Crippen MR) is 69.7 cm³/mol. The SMILES string of the molecule is NCc1ccc(S(=O)(=O)NCCc2ccco2)cn1. The smallest absolute Gasteiger partial charge is 0.242 e. The molecule has 0 aromatic carbocycles. The molecule has 0 amide bonds. The predicted octanol–water partition coefficient (Wildman–Crippen LogP) is 0.654. The molecule has 2 aromatic rings. The van der Waals surface area contributed by atoms with Crippen LogP contribution >= 0.6 is 0 Å². The summed E-state index contributed by atoms with van der Waals surface area (Å²) in [4.78, 5) is 4.09. The number of hydrogen-bond donors (Lipinski definition) is 2. The number of nitrogens with zero attached hydrogens (tertiary/aromatic N) is 1. The fourth-order valence-electron chi connectivity index (χ4n) is 1.54. The van der Waals surface area contributed by atoms with Gasteiger partial charge in [-0.25, -0.2) is 13.1 Å².